The van der Waals surface area contributed by atoms with E-state index in [1.165, 1.54) is 44.1 Å². The van der Waals surface area contributed by atoms with Crippen LogP contribution in [0.1, 0.15) is 22.3 Å². The summed E-state index contributed by atoms with van der Waals surface area (Å²) in [5.41, 5.74) is 17.5. The van der Waals surface area contributed by atoms with Gasteiger partial charge >= 0.3 is 0 Å². The molecule has 0 bridgehead atoms. The van der Waals surface area contributed by atoms with Gasteiger partial charge in [0.25, 0.3) is 0 Å². The summed E-state index contributed by atoms with van der Waals surface area (Å²) in [4.78, 5) is 2.35. The number of rotatable bonds is 5. The highest BCUT2D eigenvalue weighted by Gasteiger charge is 2.51. The van der Waals surface area contributed by atoms with E-state index in [0.29, 0.717) is 0 Å². The van der Waals surface area contributed by atoms with E-state index < -0.39 is 5.41 Å². The maximum atomic E-state index is 6.61. The highest BCUT2D eigenvalue weighted by Crippen LogP contribution is 2.62. The number of furan rings is 1. The lowest BCUT2D eigenvalue weighted by Gasteiger charge is -2.39. The Hall–Kier alpha value is -8.60. The van der Waals surface area contributed by atoms with Gasteiger partial charge in [-0.05, 0) is 112 Å². The van der Waals surface area contributed by atoms with Gasteiger partial charge in [0.1, 0.15) is 22.7 Å². The van der Waals surface area contributed by atoms with E-state index in [1.54, 1.807) is 0 Å². The van der Waals surface area contributed by atoms with Crippen molar-refractivity contribution < 1.29 is 9.15 Å². The van der Waals surface area contributed by atoms with Crippen molar-refractivity contribution in [1.29, 1.82) is 0 Å². The Bertz CT molecular complexity index is 3790. The van der Waals surface area contributed by atoms with Gasteiger partial charge in [0.2, 0.25) is 0 Å². The second-order valence-electron chi connectivity index (χ2n) is 17.2. The van der Waals surface area contributed by atoms with Crippen molar-refractivity contribution in [3.05, 3.63) is 253 Å². The van der Waals surface area contributed by atoms with Gasteiger partial charge in [0.15, 0.2) is 0 Å². The molecule has 4 nitrogen and oxygen atoms in total. The number of para-hydroxylation sites is 5. The molecule has 0 amide bonds. The van der Waals surface area contributed by atoms with E-state index in [4.69, 9.17) is 9.15 Å². The molecule has 65 heavy (non-hydrogen) atoms. The van der Waals surface area contributed by atoms with Gasteiger partial charge in [-0.3, -0.25) is 0 Å². The van der Waals surface area contributed by atoms with Gasteiger partial charge in [0, 0.05) is 61.5 Å². The van der Waals surface area contributed by atoms with Crippen LogP contribution in [0.25, 0.3) is 71.7 Å². The van der Waals surface area contributed by atoms with Crippen molar-refractivity contribution in [2.75, 3.05) is 4.90 Å². The summed E-state index contributed by atoms with van der Waals surface area (Å²) in [6.45, 7) is 0. The summed E-state index contributed by atoms with van der Waals surface area (Å²) in [6.07, 6.45) is 0. The molecule has 10 aromatic carbocycles. The molecule has 0 radical (unpaired) electrons. The molecule has 304 valence electrons. The third kappa shape index (κ3) is 5.13. The summed E-state index contributed by atoms with van der Waals surface area (Å²) < 4.78 is 15.5. The summed E-state index contributed by atoms with van der Waals surface area (Å²) >= 11 is 0. The molecule has 1 aliphatic heterocycles. The average molecular weight is 831 g/mol. The maximum Gasteiger partial charge on any atom is 0.137 e. The van der Waals surface area contributed by atoms with Crippen molar-refractivity contribution in [1.82, 2.24) is 4.57 Å². The van der Waals surface area contributed by atoms with Gasteiger partial charge in [-0.2, -0.15) is 0 Å². The molecule has 0 saturated carbocycles. The highest BCUT2D eigenvalue weighted by atomic mass is 16.5. The first kappa shape index (κ1) is 35.9. The van der Waals surface area contributed by atoms with Crippen LogP contribution in [0.3, 0.4) is 0 Å². The van der Waals surface area contributed by atoms with Crippen LogP contribution in [0, 0.1) is 0 Å². The van der Waals surface area contributed by atoms with E-state index in [9.17, 15) is 0 Å². The molecular weight excluding hydrogens is 793 g/mol. The second kappa shape index (κ2) is 13.7. The molecule has 0 saturated heterocycles. The first-order valence-electron chi connectivity index (χ1n) is 22.2. The van der Waals surface area contributed by atoms with E-state index in [1.807, 2.05) is 12.1 Å². The van der Waals surface area contributed by atoms with Gasteiger partial charge in [0.05, 0.1) is 16.4 Å². The Balaban J connectivity index is 0.928. The quantitative estimate of drug-likeness (QED) is 0.173. The largest absolute Gasteiger partial charge is 0.457 e. The van der Waals surface area contributed by atoms with E-state index in [2.05, 4.69) is 228 Å². The standard InChI is InChI=1S/C61H38N2O2/c1-5-20-51-45(16-1)46-34-30-40(36-54(46)61(51)52-21-6-11-26-58(52)65-59-27-12-7-22-53(59)61)39-28-31-41(32-29-39)62(44-33-35-50-49-19-4-10-25-57(49)64-60(50)38-44)42-14-13-15-43(37-42)63-55-23-8-2-17-47(55)48-18-3-9-24-56(48)63/h1-38H. The first-order valence-corrected chi connectivity index (χ1v) is 22.2. The van der Waals surface area contributed by atoms with Crippen LogP contribution >= 0.6 is 0 Å². The fourth-order valence-electron chi connectivity index (χ4n) is 11.1. The van der Waals surface area contributed by atoms with Crippen LogP contribution in [0.4, 0.5) is 17.1 Å². The lowest BCUT2D eigenvalue weighted by Crippen LogP contribution is -2.32. The second-order valence-corrected chi connectivity index (χ2v) is 17.2. The highest BCUT2D eigenvalue weighted by molar-refractivity contribution is 6.09. The smallest absolute Gasteiger partial charge is 0.137 e. The van der Waals surface area contributed by atoms with Crippen molar-refractivity contribution in [3.63, 3.8) is 0 Å². The number of aromatic nitrogens is 1. The number of hydrogen-bond donors (Lipinski definition) is 0. The SMILES string of the molecule is c1cc(N(c2ccc(-c3ccc4c(c3)C3(c5ccccc5Oc5ccccc53)c3ccccc3-4)cc2)c2ccc3c(c2)oc2ccccc23)cc(-n2c3ccccc3c3ccccc32)c1. The lowest BCUT2D eigenvalue weighted by atomic mass is 9.66. The van der Waals surface area contributed by atoms with Crippen LogP contribution < -0.4 is 9.64 Å². The molecule has 0 fully saturated rings. The van der Waals surface area contributed by atoms with Crippen molar-refractivity contribution in [2.24, 2.45) is 0 Å². The third-order valence-electron chi connectivity index (χ3n) is 13.9. The first-order chi connectivity index (χ1) is 32.2. The molecule has 0 unspecified atom stereocenters. The van der Waals surface area contributed by atoms with Crippen molar-refractivity contribution in [3.8, 4) is 39.4 Å². The van der Waals surface area contributed by atoms with Crippen LogP contribution in [0.5, 0.6) is 11.5 Å². The minimum absolute atomic E-state index is 0.527. The van der Waals surface area contributed by atoms with Crippen LogP contribution in [-0.4, -0.2) is 4.57 Å². The van der Waals surface area contributed by atoms with Crippen LogP contribution in [0.15, 0.2) is 235 Å². The maximum absolute atomic E-state index is 6.61. The molecule has 2 aliphatic rings. The minimum Gasteiger partial charge on any atom is -0.457 e. The average Bonchev–Trinajstić information content (AvgIpc) is 4.01. The van der Waals surface area contributed by atoms with Gasteiger partial charge in [-0.1, -0.05) is 146 Å². The number of ether oxygens (including phenoxy) is 1. The number of benzene rings is 10. The van der Waals surface area contributed by atoms with Gasteiger partial charge in [-0.25, -0.2) is 0 Å². The Labute approximate surface area is 375 Å². The van der Waals surface area contributed by atoms with Crippen molar-refractivity contribution >= 4 is 60.8 Å². The summed E-state index contributed by atoms with van der Waals surface area (Å²) in [7, 11) is 0. The monoisotopic (exact) mass is 830 g/mol. The van der Waals surface area contributed by atoms with E-state index in [0.717, 1.165) is 78.4 Å². The Kier molecular flexibility index (Phi) is 7.57. The molecule has 0 atom stereocenters. The normalized spacial score (nSPS) is 13.2. The summed E-state index contributed by atoms with van der Waals surface area (Å²) in [5, 5.41) is 4.70. The molecular formula is C61H38N2O2. The lowest BCUT2D eigenvalue weighted by molar-refractivity contribution is 0.436. The number of fused-ring (bicyclic) bond motifs is 15. The molecule has 12 aromatic rings. The number of anilines is 3. The number of hydrogen-bond acceptors (Lipinski definition) is 3. The Morgan fingerprint density at radius 2 is 0.923 bits per heavy atom. The topological polar surface area (TPSA) is 30.5 Å². The Morgan fingerprint density at radius 1 is 0.354 bits per heavy atom. The van der Waals surface area contributed by atoms with Crippen LogP contribution in [0.2, 0.25) is 0 Å². The molecule has 4 heteroatoms. The summed E-state index contributed by atoms with van der Waals surface area (Å²) in [6, 6.07) is 83.2. The molecule has 2 aromatic heterocycles. The molecule has 14 rings (SSSR count). The number of nitrogens with zero attached hydrogens (tertiary/aromatic N) is 2. The van der Waals surface area contributed by atoms with Crippen molar-refractivity contribution in [2.45, 2.75) is 5.41 Å². The molecule has 3 heterocycles. The third-order valence-corrected chi connectivity index (χ3v) is 13.9. The molecule has 1 spiro atoms. The fourth-order valence-corrected chi connectivity index (χ4v) is 11.1. The predicted octanol–water partition coefficient (Wildman–Crippen LogP) is 16.3. The van der Waals surface area contributed by atoms with Gasteiger partial charge in [-0.15, -0.1) is 0 Å². The van der Waals surface area contributed by atoms with Gasteiger partial charge < -0.3 is 18.6 Å². The van der Waals surface area contributed by atoms with E-state index in [-0.39, 0.29) is 0 Å². The predicted molar refractivity (Wildman–Crippen MR) is 266 cm³/mol. The zero-order valence-electron chi connectivity index (χ0n) is 35.2. The Morgan fingerprint density at radius 3 is 1.68 bits per heavy atom. The van der Waals surface area contributed by atoms with E-state index >= 15 is 0 Å². The molecule has 0 N–H and O–H groups in total. The van der Waals surface area contributed by atoms with Crippen LogP contribution in [-0.2, 0) is 5.41 Å². The minimum atomic E-state index is -0.527. The fraction of sp³-hybridized carbons (Fsp3) is 0.0164. The molecule has 1 aliphatic carbocycles. The zero-order chi connectivity index (χ0) is 42.6. The zero-order valence-corrected chi connectivity index (χ0v) is 35.2. The summed E-state index contributed by atoms with van der Waals surface area (Å²) in [5.74, 6) is 1.79.